The molecular formula is C103H156N4O40Si. The predicted octanol–water partition coefficient (Wildman–Crippen LogP) is 8.51. The van der Waals surface area contributed by atoms with E-state index in [4.69, 9.17) is 71.8 Å². The van der Waals surface area contributed by atoms with Gasteiger partial charge < -0.3 is 95.2 Å². The fraction of sp³-hybridized carbons (Fsp3) is 0.728. The molecule has 44 nitrogen and oxygen atoms in total. The highest BCUT2D eigenvalue weighted by Gasteiger charge is 2.64. The molecule has 17 unspecified atom stereocenters. The third-order valence-corrected chi connectivity index (χ3v) is 31.0. The van der Waals surface area contributed by atoms with Crippen molar-refractivity contribution in [3.05, 3.63) is 12.7 Å². The minimum Gasteiger partial charge on any atom is -0.481 e. The van der Waals surface area contributed by atoms with Crippen LogP contribution in [0.5, 0.6) is 0 Å². The number of carboxylic acids is 2. The number of allylic oxidation sites excluding steroid dienone is 1. The number of nitrogens with zero attached hydrogens (tertiary/aromatic N) is 4. The number of esters is 13. The molecule has 0 spiro atoms. The van der Waals surface area contributed by atoms with Crippen LogP contribution in [0.3, 0.4) is 0 Å². The van der Waals surface area contributed by atoms with E-state index in [1.54, 1.807) is 44.4 Å². The molecule has 6 saturated heterocycles. The van der Waals surface area contributed by atoms with E-state index in [0.717, 1.165) is 12.5 Å². The number of carbonyl (C=O) groups is 24. The highest BCUT2D eigenvalue weighted by Crippen LogP contribution is 2.51. The summed E-state index contributed by atoms with van der Waals surface area (Å²) in [6.45, 7) is 32.1. The highest BCUT2D eigenvalue weighted by molar-refractivity contribution is 6.62. The van der Waals surface area contributed by atoms with E-state index in [1.165, 1.54) is 51.3 Å². The number of terminal acetylenes is 1. The van der Waals surface area contributed by atoms with Gasteiger partial charge in [-0.25, -0.2) is 0 Å². The summed E-state index contributed by atoms with van der Waals surface area (Å²) in [5.74, 6) is -23.9. The Bertz CT molecular complexity index is 4660. The maximum absolute atomic E-state index is 14.0. The van der Waals surface area contributed by atoms with Gasteiger partial charge in [-0.15, -0.1) is 6.42 Å². The Morgan fingerprint density at radius 3 is 1.11 bits per heavy atom. The Kier molecular flexibility index (Phi) is 58.2. The Balaban J connectivity index is 0.000000674. The van der Waals surface area contributed by atoms with Gasteiger partial charge in [-0.2, -0.15) is 0 Å². The van der Waals surface area contributed by atoms with E-state index in [2.05, 4.69) is 12.5 Å². The molecule has 6 rings (SSSR count). The molecule has 2 N–H and O–H groups in total. The van der Waals surface area contributed by atoms with Gasteiger partial charge in [0.1, 0.15) is 88.5 Å². The summed E-state index contributed by atoms with van der Waals surface area (Å²) < 4.78 is 74.9. The first-order valence-corrected chi connectivity index (χ1v) is 52.3. The third kappa shape index (κ3) is 37.4. The lowest BCUT2D eigenvalue weighted by Gasteiger charge is -2.41. The SMILES string of the molecule is C.C#CCOC(=O)C(C(C(=O)O)C(CC)N1CCCC1=O)C(C)(CC)C(=O)OCCOC(=O)CC(C)=O.C=CC(=O)CCOC(=O)C(C(C(=O)O)C(CC)N1CCCC1=O)C(C)(CC)C(=O)OCCOC(=O)CC(C)=O.CCC(COC(=O)CC(C)=O)C1C(=O)OC(=O)C1C(CC)N1CCCC1=O.CCO[Si](OCC)(OCC)C(CC)CCC(C)(C(=O)OCCOC(=O)CC(C)=O)C1C(=O)OC(=O)C1C(CC)N1CCCC1=O. The van der Waals surface area contributed by atoms with Crippen LogP contribution in [0.2, 0.25) is 5.54 Å². The molecule has 17 atom stereocenters. The number of rotatable bonds is 63. The molecule has 0 aliphatic carbocycles. The predicted molar refractivity (Wildman–Crippen MR) is 523 cm³/mol. The Morgan fingerprint density at radius 2 is 0.784 bits per heavy atom. The molecule has 0 aromatic rings. The lowest BCUT2D eigenvalue weighted by molar-refractivity contribution is -0.180. The van der Waals surface area contributed by atoms with Crippen molar-refractivity contribution in [3.63, 3.8) is 0 Å². The van der Waals surface area contributed by atoms with Crippen LogP contribution in [0.4, 0.5) is 0 Å². The average molecular weight is 2120 g/mol. The first-order valence-electron chi connectivity index (χ1n) is 50.5. The van der Waals surface area contributed by atoms with Gasteiger partial charge in [-0.3, -0.25) is 115 Å². The standard InChI is InChI=1S/C31H51NO12Si.C27H39NO11.C25H35NO10.C19H27NO7.CH4/c1-8-22(45(41-10-3,42-11-4)43-12-5)15-16-31(7,30(38)40-19-18-39-25(35)20-21(6)33)27-26(28(36)44-29(27)37)23(9-2)32-17-13-14-24(32)34;1-6-18(30)11-13-38-25(35)23(22(24(33)34)19(7-2)28-12-9-10-20(28)31)27(5,8-3)26(36)39-15-14-37-21(32)16-17(4)29;1-6-12-35-23(32)21(20(22(30)31)17(7-2)26-11-9-10-18(26)28)25(5,8-3)24(33)36-14-13-34-19(29)15-16(4)27;1-4-12(10-26-15(23)9-11(3)21)16-17(19(25)27-18(16)24)13(5-2)20-8-6-7-14(20)22;/h22-23,26-27H,8-20H2,1-7H3;6,19,22-23H,1,7-16H2,2-5H3,(H,33,34);1,17,20-21H,7-15H2,2-5H3,(H,30,31);12-13,16-17H,4-10H2,1-3H3;1H4. The number of ether oxygens (including phenoxy) is 11. The van der Waals surface area contributed by atoms with Gasteiger partial charge in [0.05, 0.1) is 76.8 Å². The molecule has 45 heteroatoms. The molecule has 6 aliphatic heterocycles. The third-order valence-electron chi connectivity index (χ3n) is 27.3. The summed E-state index contributed by atoms with van der Waals surface area (Å²) in [6.07, 6.45) is 11.1. The van der Waals surface area contributed by atoms with Crippen molar-refractivity contribution in [1.82, 2.24) is 19.6 Å². The van der Waals surface area contributed by atoms with Gasteiger partial charge in [-0.1, -0.05) is 75.3 Å². The number of Topliss-reactive ketones (excluding diaryl/α,β-unsaturated/α-hetero) is 4. The minimum absolute atomic E-state index is 0. The number of likely N-dealkylation sites (tertiary alicyclic amines) is 4. The van der Waals surface area contributed by atoms with Crippen LogP contribution in [-0.2, 0) is 180 Å². The molecule has 6 fully saturated rings. The molecule has 832 valence electrons. The van der Waals surface area contributed by atoms with Gasteiger partial charge >= 0.3 is 98.3 Å². The van der Waals surface area contributed by atoms with Crippen molar-refractivity contribution in [2.45, 2.75) is 309 Å². The highest BCUT2D eigenvalue weighted by atomic mass is 28.4. The maximum Gasteiger partial charge on any atom is 0.504 e. The number of ketones is 5. The zero-order valence-corrected chi connectivity index (χ0v) is 89.2. The molecule has 6 heterocycles. The maximum atomic E-state index is 14.0. The van der Waals surface area contributed by atoms with Crippen LogP contribution in [0.15, 0.2) is 12.7 Å². The van der Waals surface area contributed by atoms with Crippen LogP contribution in [0, 0.1) is 81.8 Å². The van der Waals surface area contributed by atoms with E-state index >= 15 is 0 Å². The van der Waals surface area contributed by atoms with Crippen molar-refractivity contribution >= 4 is 151 Å². The van der Waals surface area contributed by atoms with Crippen LogP contribution in [0.1, 0.15) is 280 Å². The minimum atomic E-state index is -3.24. The summed E-state index contributed by atoms with van der Waals surface area (Å²) in [7, 11) is -3.24. The molecule has 0 bridgehead atoms. The quantitative estimate of drug-likeness (QED) is 0.0109. The Morgan fingerprint density at radius 1 is 0.439 bits per heavy atom. The number of amides is 4. The lowest BCUT2D eigenvalue weighted by atomic mass is 9.66. The Hall–Kier alpha value is -11.9. The summed E-state index contributed by atoms with van der Waals surface area (Å²) in [6, 6.07) is -2.83. The van der Waals surface area contributed by atoms with Crippen molar-refractivity contribution in [1.29, 1.82) is 0 Å². The van der Waals surface area contributed by atoms with Crippen LogP contribution in [-0.4, -0.2) is 310 Å². The van der Waals surface area contributed by atoms with Crippen LogP contribution < -0.4 is 0 Å². The molecule has 0 radical (unpaired) electrons. The molecule has 0 aromatic heterocycles. The first kappa shape index (κ1) is 132. The molecule has 148 heavy (non-hydrogen) atoms. The Labute approximate surface area is 866 Å². The van der Waals surface area contributed by atoms with Crippen LogP contribution in [0.25, 0.3) is 0 Å². The largest absolute Gasteiger partial charge is 0.504 e. The number of carbonyl (C=O) groups excluding carboxylic acids is 22. The molecule has 0 saturated carbocycles. The second kappa shape index (κ2) is 65.1. The first-order chi connectivity index (χ1) is 69.4. The number of cyclic esters (lactones) is 4. The summed E-state index contributed by atoms with van der Waals surface area (Å²) in [4.78, 5) is 303. The smallest absolute Gasteiger partial charge is 0.481 e. The van der Waals surface area contributed by atoms with Gasteiger partial charge in [0, 0.05) is 114 Å². The number of carboxylic acid groups (broad SMARTS) is 2. The van der Waals surface area contributed by atoms with Crippen LogP contribution >= 0.6 is 0 Å². The monoisotopic (exact) mass is 2120 g/mol. The normalized spacial score (nSPS) is 19.6. The van der Waals surface area contributed by atoms with E-state index < -0.39 is 230 Å². The fourth-order valence-electron chi connectivity index (χ4n) is 19.6. The van der Waals surface area contributed by atoms with Crippen molar-refractivity contribution in [2.24, 2.45) is 69.5 Å². The van der Waals surface area contributed by atoms with Crippen molar-refractivity contribution < 1.29 is 191 Å². The zero-order chi connectivity index (χ0) is 111. The van der Waals surface area contributed by atoms with Gasteiger partial charge in [-0.05, 0) is 165 Å². The fourth-order valence-corrected chi connectivity index (χ4v) is 22.8. The summed E-state index contributed by atoms with van der Waals surface area (Å²) in [5.41, 5.74) is -5.21. The number of hydrogen-bond acceptors (Lipinski definition) is 38. The molecular weight excluding hydrogens is 1960 g/mol. The van der Waals surface area contributed by atoms with E-state index in [9.17, 15) is 125 Å². The van der Waals surface area contributed by atoms with Gasteiger partial charge in [0.25, 0.3) is 0 Å². The molecule has 4 amide bonds. The second-order valence-corrected chi connectivity index (χ2v) is 40.1. The van der Waals surface area contributed by atoms with E-state index in [0.29, 0.717) is 110 Å². The molecule has 6 aliphatic rings. The van der Waals surface area contributed by atoms with Gasteiger partial charge in [0.2, 0.25) is 23.6 Å². The van der Waals surface area contributed by atoms with Gasteiger partial charge in [0.15, 0.2) is 12.4 Å². The van der Waals surface area contributed by atoms with Crippen molar-refractivity contribution in [2.75, 3.05) is 105 Å². The number of aliphatic carboxylic acids is 2. The molecule has 0 aromatic carbocycles. The number of hydrogen-bond donors (Lipinski definition) is 2. The topological polar surface area (TPSA) is 592 Å². The summed E-state index contributed by atoms with van der Waals surface area (Å²) in [5, 5.41) is 20.6. The lowest BCUT2D eigenvalue weighted by Crippen LogP contribution is -2.55. The van der Waals surface area contributed by atoms with Crippen molar-refractivity contribution in [3.8, 4) is 12.3 Å². The average Bonchev–Trinajstić information content (AvgIpc) is 1.60. The zero-order valence-electron chi connectivity index (χ0n) is 88.2. The van der Waals surface area contributed by atoms with E-state index in [1.807, 2.05) is 48.5 Å². The summed E-state index contributed by atoms with van der Waals surface area (Å²) >= 11 is 0. The van der Waals surface area contributed by atoms with E-state index in [-0.39, 0.29) is 164 Å². The second-order valence-electron chi connectivity index (χ2n) is 37.2.